The van der Waals surface area contributed by atoms with Crippen molar-refractivity contribution in [1.82, 2.24) is 19.4 Å². The van der Waals surface area contributed by atoms with Crippen molar-refractivity contribution in [3.05, 3.63) is 64.1 Å². The molecule has 3 aromatic rings. The minimum atomic E-state index is -0.583. The maximum absolute atomic E-state index is 15.0. The summed E-state index contributed by atoms with van der Waals surface area (Å²) < 4.78 is 28.3. The number of nitrogens with two attached hydrogens (primary N) is 1. The highest BCUT2D eigenvalue weighted by molar-refractivity contribution is 8.04. The fourth-order valence-electron chi connectivity index (χ4n) is 4.80. The first-order valence-electron chi connectivity index (χ1n) is 12.2. The molecule has 1 unspecified atom stereocenters. The van der Waals surface area contributed by atoms with E-state index in [0.29, 0.717) is 17.2 Å². The monoisotopic (exact) mass is 539 g/mol. The van der Waals surface area contributed by atoms with Crippen LogP contribution in [0.1, 0.15) is 22.2 Å². The summed E-state index contributed by atoms with van der Waals surface area (Å²) in [7, 11) is 1.81. The van der Waals surface area contributed by atoms with Crippen LogP contribution in [0.4, 0.5) is 4.39 Å². The topological polar surface area (TPSA) is 125 Å². The van der Waals surface area contributed by atoms with Crippen LogP contribution in [0.15, 0.2) is 46.4 Å². The predicted molar refractivity (Wildman–Crippen MR) is 146 cm³/mol. The Morgan fingerprint density at radius 1 is 1.37 bits per heavy atom. The lowest BCUT2D eigenvalue weighted by atomic mass is 10.1. The van der Waals surface area contributed by atoms with Crippen LogP contribution in [0, 0.1) is 18.2 Å². The molecular formula is C26H30FN7O3S. The molecule has 0 bridgehead atoms. The van der Waals surface area contributed by atoms with E-state index in [1.54, 1.807) is 4.52 Å². The van der Waals surface area contributed by atoms with E-state index in [0.717, 1.165) is 61.7 Å². The van der Waals surface area contributed by atoms with Gasteiger partial charge >= 0.3 is 0 Å². The zero-order valence-electron chi connectivity index (χ0n) is 21.2. The van der Waals surface area contributed by atoms with E-state index in [1.165, 1.54) is 30.0 Å². The van der Waals surface area contributed by atoms with E-state index < -0.39 is 5.82 Å². The fraction of sp³-hybridized carbons (Fsp3) is 0.346. The Hall–Kier alpha value is -3.61. The summed E-state index contributed by atoms with van der Waals surface area (Å²) in [4.78, 5) is 8.58. The molecule has 1 atom stereocenters. The number of aromatic nitrogens is 2. The summed E-state index contributed by atoms with van der Waals surface area (Å²) in [5.74, 6) is 0.00227. The van der Waals surface area contributed by atoms with Crippen LogP contribution >= 0.6 is 11.8 Å². The quantitative estimate of drug-likeness (QED) is 0.295. The van der Waals surface area contributed by atoms with Crippen molar-refractivity contribution < 1.29 is 19.0 Å². The first kappa shape index (κ1) is 26.0. The van der Waals surface area contributed by atoms with Gasteiger partial charge in [0.25, 0.3) is 0 Å². The number of amidine groups is 1. The van der Waals surface area contributed by atoms with Crippen molar-refractivity contribution in [2.24, 2.45) is 10.7 Å². The number of phenols is 1. The van der Waals surface area contributed by atoms with Gasteiger partial charge in [0.1, 0.15) is 41.5 Å². The number of benzene rings is 1. The standard InChI is InChI=1S/C26H30FN7O3S/c1-16-21(19-14-17(6-7-34(19)31-16)37-13-10-33-8-11-36-12-9-33)26-32(2)23(24(38-26)25(29)30-15-28)22-18(27)4-3-5-20(22)35/h3-7,14-15,26,35H,8-13H2,1-2H3,(H3,28,29,30). The van der Waals surface area contributed by atoms with Crippen molar-refractivity contribution in [2.75, 3.05) is 46.5 Å². The van der Waals surface area contributed by atoms with Crippen molar-refractivity contribution in [1.29, 1.82) is 5.41 Å². The molecule has 0 aliphatic carbocycles. The number of hydrogen-bond donors (Lipinski definition) is 3. The van der Waals surface area contributed by atoms with Crippen LogP contribution in [0.2, 0.25) is 0 Å². The van der Waals surface area contributed by atoms with Crippen LogP contribution in [-0.4, -0.2) is 83.2 Å². The molecule has 0 radical (unpaired) electrons. The molecule has 2 aliphatic heterocycles. The third-order valence-corrected chi connectivity index (χ3v) is 8.08. The number of phenolic OH excluding ortho intramolecular Hbond substituents is 1. The number of aryl methyl sites for hydroxylation is 1. The third-order valence-electron chi connectivity index (χ3n) is 6.67. The highest BCUT2D eigenvalue weighted by atomic mass is 32.2. The molecule has 0 spiro atoms. The lowest BCUT2D eigenvalue weighted by Crippen LogP contribution is -2.38. The Labute approximate surface area is 224 Å². The largest absolute Gasteiger partial charge is 0.507 e. The van der Waals surface area contributed by atoms with Crippen LogP contribution in [0.5, 0.6) is 11.5 Å². The Balaban J connectivity index is 1.48. The highest BCUT2D eigenvalue weighted by Crippen LogP contribution is 2.53. The second kappa shape index (κ2) is 11.0. The van der Waals surface area contributed by atoms with Crippen molar-refractivity contribution in [3.63, 3.8) is 0 Å². The molecule has 0 saturated carbocycles. The Morgan fingerprint density at radius 3 is 2.89 bits per heavy atom. The summed E-state index contributed by atoms with van der Waals surface area (Å²) >= 11 is 1.37. The number of morpholine rings is 1. The lowest BCUT2D eigenvalue weighted by Gasteiger charge is -2.26. The Kier molecular flexibility index (Phi) is 7.54. The van der Waals surface area contributed by atoms with Crippen molar-refractivity contribution in [2.45, 2.75) is 12.3 Å². The van der Waals surface area contributed by atoms with Gasteiger partial charge in [-0.3, -0.25) is 10.3 Å². The van der Waals surface area contributed by atoms with Crippen molar-refractivity contribution in [3.8, 4) is 11.5 Å². The average Bonchev–Trinajstić information content (AvgIpc) is 3.40. The van der Waals surface area contributed by atoms with E-state index in [-0.39, 0.29) is 22.5 Å². The number of nitrogens with zero attached hydrogens (tertiary/aromatic N) is 5. The second-order valence-electron chi connectivity index (χ2n) is 9.03. The van der Waals surface area contributed by atoms with E-state index in [4.69, 9.17) is 20.6 Å². The van der Waals surface area contributed by atoms with Crippen molar-refractivity contribution >= 4 is 35.1 Å². The molecule has 200 valence electrons. The molecule has 38 heavy (non-hydrogen) atoms. The van der Waals surface area contributed by atoms with Gasteiger partial charge in [-0.1, -0.05) is 17.8 Å². The van der Waals surface area contributed by atoms with Gasteiger partial charge < -0.3 is 25.2 Å². The van der Waals surface area contributed by atoms with E-state index in [9.17, 15) is 5.11 Å². The van der Waals surface area contributed by atoms with Gasteiger partial charge in [-0.15, -0.1) is 0 Å². The van der Waals surface area contributed by atoms with Gasteiger partial charge in [-0.25, -0.2) is 13.9 Å². The number of halogens is 1. The van der Waals surface area contributed by atoms with Gasteiger partial charge in [0, 0.05) is 44.5 Å². The van der Waals surface area contributed by atoms with Gasteiger partial charge in [-0.2, -0.15) is 5.10 Å². The number of thioether (sulfide) groups is 1. The van der Waals surface area contributed by atoms with Gasteiger partial charge in [0.15, 0.2) is 0 Å². The normalized spacial score (nSPS) is 19.0. The Morgan fingerprint density at radius 2 is 2.16 bits per heavy atom. The van der Waals surface area contributed by atoms with Crippen LogP contribution < -0.4 is 10.5 Å². The number of fused-ring (bicyclic) bond motifs is 1. The summed E-state index contributed by atoms with van der Waals surface area (Å²) in [6.07, 6.45) is 2.70. The molecule has 10 nitrogen and oxygen atoms in total. The first-order valence-corrected chi connectivity index (χ1v) is 13.1. The highest BCUT2D eigenvalue weighted by Gasteiger charge is 2.38. The molecule has 0 amide bonds. The van der Waals surface area contributed by atoms with Crippen LogP contribution in [-0.2, 0) is 4.74 Å². The van der Waals surface area contributed by atoms with Gasteiger partial charge in [0.05, 0.1) is 40.6 Å². The maximum Gasteiger partial charge on any atom is 0.141 e. The number of aliphatic imine (C=N–C) groups is 1. The number of pyridine rings is 1. The second-order valence-corrected chi connectivity index (χ2v) is 10.1. The molecule has 1 saturated heterocycles. The molecule has 1 aromatic carbocycles. The lowest BCUT2D eigenvalue weighted by molar-refractivity contribution is 0.0322. The smallest absolute Gasteiger partial charge is 0.141 e. The molecule has 12 heteroatoms. The summed E-state index contributed by atoms with van der Waals surface area (Å²) in [6.45, 7) is 6.58. The molecule has 4 N–H and O–H groups in total. The zero-order valence-corrected chi connectivity index (χ0v) is 22.0. The summed E-state index contributed by atoms with van der Waals surface area (Å²) in [6, 6.07) is 8.00. The first-order chi connectivity index (χ1) is 18.4. The molecule has 1 fully saturated rings. The van der Waals surface area contributed by atoms with Gasteiger partial charge in [-0.05, 0) is 25.1 Å². The maximum atomic E-state index is 15.0. The molecule has 5 rings (SSSR count). The van der Waals surface area contributed by atoms with E-state index in [1.807, 2.05) is 37.2 Å². The zero-order chi connectivity index (χ0) is 26.8. The Bertz CT molecular complexity index is 1400. The minimum Gasteiger partial charge on any atom is -0.507 e. The predicted octanol–water partition coefficient (Wildman–Crippen LogP) is 3.21. The van der Waals surface area contributed by atoms with E-state index in [2.05, 4.69) is 15.0 Å². The fourth-order valence-corrected chi connectivity index (χ4v) is 6.23. The molecule has 2 aromatic heterocycles. The molecular weight excluding hydrogens is 509 g/mol. The SMILES string of the molecule is Cc1nn2ccc(OCCN3CCOCC3)cc2c1C1SC(C(N)=NC=N)=C(c2c(O)cccc2F)N1C. The van der Waals surface area contributed by atoms with Crippen LogP contribution in [0.3, 0.4) is 0 Å². The third kappa shape index (κ3) is 4.94. The number of rotatable bonds is 8. The van der Waals surface area contributed by atoms with E-state index >= 15 is 4.39 Å². The summed E-state index contributed by atoms with van der Waals surface area (Å²) in [5.41, 5.74) is 9.19. The number of nitrogens with one attached hydrogen (secondary N) is 1. The van der Waals surface area contributed by atoms with Crippen LogP contribution in [0.25, 0.3) is 11.2 Å². The molecule has 2 aliphatic rings. The minimum absolute atomic E-state index is 0.0318. The van der Waals surface area contributed by atoms with Gasteiger partial charge in [0.2, 0.25) is 0 Å². The average molecular weight is 540 g/mol. The number of hydrogen-bond acceptors (Lipinski definition) is 8. The summed E-state index contributed by atoms with van der Waals surface area (Å²) in [5, 5.41) is 22.3. The number of aromatic hydroxyl groups is 1. The molecule has 4 heterocycles. The number of ether oxygens (including phenoxy) is 2.